The van der Waals surface area contributed by atoms with Gasteiger partial charge in [0.2, 0.25) is 0 Å². The molecule has 1 rings (SSSR count). The Morgan fingerprint density at radius 3 is 2.94 bits per heavy atom. The van der Waals surface area contributed by atoms with Crippen LogP contribution in [-0.4, -0.2) is 0 Å². The van der Waals surface area contributed by atoms with E-state index >= 15 is 0 Å². The van der Waals surface area contributed by atoms with Crippen LogP contribution in [0.25, 0.3) is 6.08 Å². The third kappa shape index (κ3) is 3.16. The molecule has 1 aromatic carbocycles. The minimum atomic E-state index is -0.452. The zero-order valence-corrected chi connectivity index (χ0v) is 11.9. The van der Waals surface area contributed by atoms with E-state index in [0.717, 1.165) is 12.1 Å². The quantitative estimate of drug-likeness (QED) is 0.644. The van der Waals surface area contributed by atoms with Gasteiger partial charge in [0.1, 0.15) is 11.9 Å². The molecule has 0 aliphatic rings. The molecule has 0 bridgehead atoms. The van der Waals surface area contributed by atoms with Crippen LogP contribution < -0.4 is 5.09 Å². The Morgan fingerprint density at radius 2 is 2.38 bits per heavy atom. The van der Waals surface area contributed by atoms with Gasteiger partial charge in [-0.25, -0.2) is 4.39 Å². The summed E-state index contributed by atoms with van der Waals surface area (Å²) in [5.41, 5.74) is 1.28. The highest BCUT2D eigenvalue weighted by Crippen LogP contribution is 2.30. The fourth-order valence-corrected chi connectivity index (χ4v) is 2.43. The minimum Gasteiger partial charge on any atom is -0.358 e. The average Bonchev–Trinajstić information content (AvgIpc) is 2.29. The maximum absolute atomic E-state index is 13.9. The summed E-state index contributed by atoms with van der Waals surface area (Å²) in [7, 11) is 0. The predicted molar refractivity (Wildman–Crippen MR) is 76.4 cm³/mol. The molecule has 2 nitrogen and oxygen atoms in total. The summed E-state index contributed by atoms with van der Waals surface area (Å²) in [5.74, 6) is -0.452. The molecule has 0 radical (unpaired) electrons. The second-order valence-electron chi connectivity index (χ2n) is 3.03. The SMILES string of the molecule is CC/C=C\c1c(NPI)ccc(C#N)c1F. The first kappa shape index (κ1) is 13.4. The molecule has 0 aromatic heterocycles. The summed E-state index contributed by atoms with van der Waals surface area (Å²) < 4.78 is 13.9. The van der Waals surface area contributed by atoms with Gasteiger partial charge < -0.3 is 5.09 Å². The molecule has 0 saturated heterocycles. The minimum absolute atomic E-state index is 0.0816. The Kier molecular flexibility index (Phi) is 5.72. The number of nitrogens with one attached hydrogen (secondary N) is 1. The van der Waals surface area contributed by atoms with Crippen LogP contribution in [0.2, 0.25) is 0 Å². The molecule has 84 valence electrons. The molecule has 16 heavy (non-hydrogen) atoms. The number of allylic oxidation sites excluding steroid dienone is 1. The van der Waals surface area contributed by atoms with Crippen molar-refractivity contribution in [2.45, 2.75) is 13.3 Å². The van der Waals surface area contributed by atoms with Crippen LogP contribution in [0.15, 0.2) is 18.2 Å². The maximum Gasteiger partial charge on any atom is 0.150 e. The predicted octanol–water partition coefficient (Wildman–Crippen LogP) is 4.48. The first-order valence-electron chi connectivity index (χ1n) is 4.75. The number of benzene rings is 1. The van der Waals surface area contributed by atoms with Gasteiger partial charge in [-0.05, 0) is 40.6 Å². The van der Waals surface area contributed by atoms with Gasteiger partial charge in [0.15, 0.2) is 0 Å². The highest BCUT2D eigenvalue weighted by molar-refractivity contribution is 14.2. The van der Waals surface area contributed by atoms with Crippen LogP contribution in [0, 0.1) is 17.1 Å². The highest BCUT2D eigenvalue weighted by atomic mass is 127. The molecule has 0 aliphatic heterocycles. The topological polar surface area (TPSA) is 35.8 Å². The van der Waals surface area contributed by atoms with Gasteiger partial charge in [0.05, 0.1) is 5.56 Å². The van der Waals surface area contributed by atoms with E-state index in [1.54, 1.807) is 12.1 Å². The molecule has 0 saturated carbocycles. The van der Waals surface area contributed by atoms with Crippen molar-refractivity contribution in [3.8, 4) is 6.07 Å². The van der Waals surface area contributed by atoms with Gasteiger partial charge >= 0.3 is 0 Å². The lowest BCUT2D eigenvalue weighted by atomic mass is 10.1. The molecule has 0 spiro atoms. The molecule has 5 heteroatoms. The van der Waals surface area contributed by atoms with Crippen molar-refractivity contribution < 1.29 is 4.39 Å². The monoisotopic (exact) mass is 348 g/mol. The summed E-state index contributed by atoms with van der Waals surface area (Å²) in [4.78, 5) is 0. The summed E-state index contributed by atoms with van der Waals surface area (Å²) in [5, 5.41) is 11.8. The number of nitriles is 1. The van der Waals surface area contributed by atoms with Crippen molar-refractivity contribution >= 4 is 40.2 Å². The smallest absolute Gasteiger partial charge is 0.150 e. The van der Waals surface area contributed by atoms with Gasteiger partial charge in [-0.15, -0.1) is 0 Å². The van der Waals surface area contributed by atoms with Gasteiger partial charge in [0.25, 0.3) is 0 Å². The standard InChI is InChI=1S/C11H11FIN2P/c1-2-3-4-9-10(15-16-13)6-5-8(7-14)11(9)12/h3-6,15-16H,2H2,1H3/b4-3-. The van der Waals surface area contributed by atoms with Crippen LogP contribution in [-0.2, 0) is 0 Å². The number of hydrogen-bond acceptors (Lipinski definition) is 2. The Bertz CT molecular complexity index is 440. The van der Waals surface area contributed by atoms with E-state index in [4.69, 9.17) is 5.26 Å². The third-order valence-corrected chi connectivity index (χ3v) is 3.18. The Balaban J connectivity index is 3.26. The second-order valence-corrected chi connectivity index (χ2v) is 5.09. The van der Waals surface area contributed by atoms with E-state index in [-0.39, 0.29) is 5.56 Å². The average molecular weight is 348 g/mol. The van der Waals surface area contributed by atoms with E-state index in [2.05, 4.69) is 27.1 Å². The lowest BCUT2D eigenvalue weighted by Gasteiger charge is -2.08. The van der Waals surface area contributed by atoms with Crippen LogP contribution >= 0.6 is 28.4 Å². The fourth-order valence-electron chi connectivity index (χ4n) is 1.24. The second kappa shape index (κ2) is 6.82. The van der Waals surface area contributed by atoms with Crippen molar-refractivity contribution in [1.82, 2.24) is 0 Å². The number of anilines is 1. The van der Waals surface area contributed by atoms with Gasteiger partial charge in [-0.1, -0.05) is 19.1 Å². The zero-order valence-electron chi connectivity index (χ0n) is 8.72. The highest BCUT2D eigenvalue weighted by Gasteiger charge is 2.10. The van der Waals surface area contributed by atoms with E-state index < -0.39 is 5.82 Å². The molecular weight excluding hydrogens is 337 g/mol. The van der Waals surface area contributed by atoms with Crippen LogP contribution in [0.4, 0.5) is 10.1 Å². The number of rotatable bonds is 4. The van der Waals surface area contributed by atoms with E-state index in [0.29, 0.717) is 11.9 Å². The normalized spacial score (nSPS) is 11.1. The fraction of sp³-hybridized carbons (Fsp3) is 0.182. The molecule has 1 aromatic rings. The van der Waals surface area contributed by atoms with Crippen molar-refractivity contribution in [3.63, 3.8) is 0 Å². The summed E-state index contributed by atoms with van der Waals surface area (Å²) in [6.45, 7) is 1.98. The van der Waals surface area contributed by atoms with Gasteiger partial charge in [-0.2, -0.15) is 5.26 Å². The molecule has 0 amide bonds. The van der Waals surface area contributed by atoms with Crippen LogP contribution in [0.5, 0.6) is 0 Å². The summed E-state index contributed by atoms with van der Waals surface area (Å²) >= 11 is 2.18. The molecule has 0 heterocycles. The summed E-state index contributed by atoms with van der Waals surface area (Å²) in [6, 6.07) is 5.08. The molecule has 1 unspecified atom stereocenters. The first-order chi connectivity index (χ1) is 7.74. The van der Waals surface area contributed by atoms with Crippen molar-refractivity contribution in [2.75, 3.05) is 5.09 Å². The Hall–Kier alpha value is -0.660. The number of halogens is 2. The lowest BCUT2D eigenvalue weighted by Crippen LogP contribution is -1.94. The van der Waals surface area contributed by atoms with E-state index in [9.17, 15) is 4.39 Å². The maximum atomic E-state index is 13.9. The van der Waals surface area contributed by atoms with Crippen LogP contribution in [0.3, 0.4) is 0 Å². The summed E-state index contributed by atoms with van der Waals surface area (Å²) in [6.07, 6.45) is 4.90. The third-order valence-electron chi connectivity index (χ3n) is 2.00. The molecular formula is C11H11FIN2P. The molecule has 0 aliphatic carbocycles. The van der Waals surface area contributed by atoms with Crippen molar-refractivity contribution in [1.29, 1.82) is 5.26 Å². The first-order valence-corrected chi connectivity index (χ1v) is 8.86. The molecule has 1 N–H and O–H groups in total. The Labute approximate surface area is 109 Å². The zero-order chi connectivity index (χ0) is 12.0. The lowest BCUT2D eigenvalue weighted by molar-refractivity contribution is 0.622. The van der Waals surface area contributed by atoms with Gasteiger partial charge in [-0.3, -0.25) is 0 Å². The van der Waals surface area contributed by atoms with E-state index in [1.165, 1.54) is 6.07 Å². The Morgan fingerprint density at radius 1 is 1.62 bits per heavy atom. The van der Waals surface area contributed by atoms with Crippen molar-refractivity contribution in [3.05, 3.63) is 35.2 Å². The number of hydrogen-bond donors (Lipinski definition) is 1. The van der Waals surface area contributed by atoms with Crippen molar-refractivity contribution in [2.24, 2.45) is 0 Å². The largest absolute Gasteiger partial charge is 0.358 e. The molecule has 1 atom stereocenters. The van der Waals surface area contributed by atoms with Crippen LogP contribution in [0.1, 0.15) is 24.5 Å². The number of nitrogens with zero attached hydrogens (tertiary/aromatic N) is 1. The molecule has 0 fully saturated rings. The van der Waals surface area contributed by atoms with Gasteiger partial charge in [0, 0.05) is 17.6 Å². The van der Waals surface area contributed by atoms with E-state index in [1.807, 2.05) is 19.1 Å².